The first-order chi connectivity index (χ1) is 10.1. The van der Waals surface area contributed by atoms with Crippen LogP contribution >= 0.6 is 27.5 Å². The number of fused-ring (bicyclic) bond motifs is 1. The van der Waals surface area contributed by atoms with Crippen LogP contribution in [0.5, 0.6) is 5.75 Å². The summed E-state index contributed by atoms with van der Waals surface area (Å²) in [6.45, 7) is 1.08. The lowest BCUT2D eigenvalue weighted by Crippen LogP contribution is -2.24. The van der Waals surface area contributed by atoms with Crippen molar-refractivity contribution < 1.29 is 9.53 Å². The first-order valence-corrected chi connectivity index (χ1v) is 7.64. The summed E-state index contributed by atoms with van der Waals surface area (Å²) in [5.74, 6) is 0.640. The van der Waals surface area contributed by atoms with Crippen LogP contribution in [0.25, 0.3) is 0 Å². The topological polar surface area (TPSA) is 51.2 Å². The molecule has 0 bridgehead atoms. The van der Waals surface area contributed by atoms with Crippen LogP contribution in [0.15, 0.2) is 34.9 Å². The molecule has 6 heteroatoms. The van der Waals surface area contributed by atoms with E-state index in [1.54, 1.807) is 12.1 Å². The number of carbonyl (C=O) groups is 1. The van der Waals surface area contributed by atoms with E-state index in [0.29, 0.717) is 23.9 Å². The lowest BCUT2D eigenvalue weighted by molar-refractivity contribution is 0.0945. The van der Waals surface area contributed by atoms with Crippen molar-refractivity contribution in [3.05, 3.63) is 56.8 Å². The van der Waals surface area contributed by atoms with Crippen LogP contribution in [-0.4, -0.2) is 17.5 Å². The SMILES string of the molecule is O=C(NCc1cc(Br)cc2c1OCC2)c1ccc(Cl)cn1. The van der Waals surface area contributed by atoms with Crippen LogP contribution < -0.4 is 10.1 Å². The molecule has 0 atom stereocenters. The summed E-state index contributed by atoms with van der Waals surface area (Å²) in [6.07, 6.45) is 2.35. The highest BCUT2D eigenvalue weighted by Gasteiger charge is 2.18. The molecule has 2 aromatic rings. The first kappa shape index (κ1) is 14.4. The Morgan fingerprint density at radius 2 is 2.29 bits per heavy atom. The number of nitrogens with zero attached hydrogens (tertiary/aromatic N) is 1. The Bertz CT molecular complexity index is 689. The molecule has 3 rings (SSSR count). The number of carbonyl (C=O) groups excluding carboxylic acids is 1. The summed E-state index contributed by atoms with van der Waals surface area (Å²) >= 11 is 9.24. The minimum Gasteiger partial charge on any atom is -0.493 e. The van der Waals surface area contributed by atoms with E-state index in [4.69, 9.17) is 16.3 Å². The fraction of sp³-hybridized carbons (Fsp3) is 0.200. The van der Waals surface area contributed by atoms with Crippen LogP contribution in [0.2, 0.25) is 5.02 Å². The molecule has 1 N–H and O–H groups in total. The van der Waals surface area contributed by atoms with Crippen LogP contribution in [0.4, 0.5) is 0 Å². The summed E-state index contributed by atoms with van der Waals surface area (Å²) in [5, 5.41) is 3.35. The van der Waals surface area contributed by atoms with E-state index in [1.807, 2.05) is 6.07 Å². The molecule has 1 aromatic carbocycles. The van der Waals surface area contributed by atoms with Gasteiger partial charge in [0.2, 0.25) is 0 Å². The fourth-order valence-electron chi connectivity index (χ4n) is 2.25. The van der Waals surface area contributed by atoms with Crippen molar-refractivity contribution in [3.8, 4) is 5.75 Å². The maximum absolute atomic E-state index is 12.0. The summed E-state index contributed by atoms with van der Waals surface area (Å²) < 4.78 is 6.62. The van der Waals surface area contributed by atoms with E-state index in [1.165, 1.54) is 11.8 Å². The summed E-state index contributed by atoms with van der Waals surface area (Å²) in [7, 11) is 0. The van der Waals surface area contributed by atoms with E-state index in [0.717, 1.165) is 22.2 Å². The average Bonchev–Trinajstić information content (AvgIpc) is 2.93. The normalized spacial score (nSPS) is 12.7. The highest BCUT2D eigenvalue weighted by molar-refractivity contribution is 9.10. The van der Waals surface area contributed by atoms with E-state index in [2.05, 4.69) is 32.3 Å². The molecule has 1 amide bonds. The number of hydrogen-bond donors (Lipinski definition) is 1. The molecule has 0 fully saturated rings. The van der Waals surface area contributed by atoms with Gasteiger partial charge < -0.3 is 10.1 Å². The molecular formula is C15H12BrClN2O2. The highest BCUT2D eigenvalue weighted by Crippen LogP contribution is 2.32. The molecule has 21 heavy (non-hydrogen) atoms. The Labute approximate surface area is 135 Å². The van der Waals surface area contributed by atoms with Crippen LogP contribution in [0.3, 0.4) is 0 Å². The molecule has 0 saturated carbocycles. The third-order valence-electron chi connectivity index (χ3n) is 3.22. The van der Waals surface area contributed by atoms with Gasteiger partial charge in [-0.15, -0.1) is 0 Å². The molecule has 0 aliphatic carbocycles. The number of ether oxygens (including phenoxy) is 1. The van der Waals surface area contributed by atoms with E-state index in [-0.39, 0.29) is 5.91 Å². The Balaban J connectivity index is 1.73. The third-order valence-corrected chi connectivity index (χ3v) is 3.91. The van der Waals surface area contributed by atoms with Gasteiger partial charge in [-0.25, -0.2) is 4.98 Å². The lowest BCUT2D eigenvalue weighted by atomic mass is 10.1. The molecule has 0 radical (unpaired) electrons. The monoisotopic (exact) mass is 366 g/mol. The smallest absolute Gasteiger partial charge is 0.270 e. The quantitative estimate of drug-likeness (QED) is 0.905. The molecular weight excluding hydrogens is 356 g/mol. The van der Waals surface area contributed by atoms with Gasteiger partial charge in [0.25, 0.3) is 5.91 Å². The number of benzene rings is 1. The van der Waals surface area contributed by atoms with Crippen molar-refractivity contribution in [2.75, 3.05) is 6.61 Å². The molecule has 0 saturated heterocycles. The maximum Gasteiger partial charge on any atom is 0.270 e. The second-order valence-corrected chi connectivity index (χ2v) is 6.05. The van der Waals surface area contributed by atoms with Gasteiger partial charge in [0.05, 0.1) is 11.6 Å². The zero-order valence-electron chi connectivity index (χ0n) is 11.0. The molecule has 4 nitrogen and oxygen atoms in total. The summed E-state index contributed by atoms with van der Waals surface area (Å²) in [6, 6.07) is 7.25. The predicted molar refractivity (Wildman–Crippen MR) is 83.8 cm³/mol. The zero-order chi connectivity index (χ0) is 14.8. The Hall–Kier alpha value is -1.59. The standard InChI is InChI=1S/C15H12BrClN2O2/c16-11-5-9-3-4-21-14(9)10(6-11)7-19-15(20)13-2-1-12(17)8-18-13/h1-2,5-6,8H,3-4,7H2,(H,19,20). The molecule has 1 aromatic heterocycles. The number of aromatic nitrogens is 1. The van der Waals surface area contributed by atoms with Gasteiger partial charge in [0.15, 0.2) is 0 Å². The minimum atomic E-state index is -0.238. The predicted octanol–water partition coefficient (Wildman–Crippen LogP) is 3.36. The maximum atomic E-state index is 12.0. The zero-order valence-corrected chi connectivity index (χ0v) is 13.4. The van der Waals surface area contributed by atoms with E-state index < -0.39 is 0 Å². The number of amides is 1. The van der Waals surface area contributed by atoms with Crippen molar-refractivity contribution in [1.82, 2.24) is 10.3 Å². The second-order valence-electron chi connectivity index (χ2n) is 4.70. The minimum absolute atomic E-state index is 0.238. The average molecular weight is 368 g/mol. The van der Waals surface area contributed by atoms with E-state index >= 15 is 0 Å². The number of nitrogens with one attached hydrogen (secondary N) is 1. The Morgan fingerprint density at radius 3 is 3.05 bits per heavy atom. The van der Waals surface area contributed by atoms with Crippen molar-refractivity contribution in [2.24, 2.45) is 0 Å². The highest BCUT2D eigenvalue weighted by atomic mass is 79.9. The van der Waals surface area contributed by atoms with Gasteiger partial charge in [-0.3, -0.25) is 4.79 Å². The molecule has 1 aliphatic heterocycles. The van der Waals surface area contributed by atoms with Crippen LogP contribution in [0, 0.1) is 0 Å². The molecule has 1 aliphatic rings. The van der Waals surface area contributed by atoms with Crippen molar-refractivity contribution >= 4 is 33.4 Å². The lowest BCUT2D eigenvalue weighted by Gasteiger charge is -2.10. The van der Waals surface area contributed by atoms with Gasteiger partial charge in [-0.2, -0.15) is 0 Å². The van der Waals surface area contributed by atoms with Gasteiger partial charge >= 0.3 is 0 Å². The van der Waals surface area contributed by atoms with Gasteiger partial charge in [0, 0.05) is 29.2 Å². The summed E-state index contributed by atoms with van der Waals surface area (Å²) in [5.41, 5.74) is 2.46. The van der Waals surface area contributed by atoms with Crippen LogP contribution in [-0.2, 0) is 13.0 Å². The largest absolute Gasteiger partial charge is 0.493 e. The number of halogens is 2. The molecule has 2 heterocycles. The Morgan fingerprint density at radius 1 is 1.43 bits per heavy atom. The van der Waals surface area contributed by atoms with Crippen molar-refractivity contribution in [1.29, 1.82) is 0 Å². The number of hydrogen-bond acceptors (Lipinski definition) is 3. The fourth-order valence-corrected chi connectivity index (χ4v) is 2.92. The Kier molecular flexibility index (Phi) is 4.12. The van der Waals surface area contributed by atoms with Crippen molar-refractivity contribution in [3.63, 3.8) is 0 Å². The number of pyridine rings is 1. The molecule has 0 unspecified atom stereocenters. The molecule has 0 spiro atoms. The number of rotatable bonds is 3. The van der Waals surface area contributed by atoms with Crippen LogP contribution in [0.1, 0.15) is 21.6 Å². The second kappa shape index (κ2) is 6.03. The first-order valence-electron chi connectivity index (χ1n) is 6.47. The third kappa shape index (κ3) is 3.19. The van der Waals surface area contributed by atoms with Gasteiger partial charge in [-0.05, 0) is 29.8 Å². The van der Waals surface area contributed by atoms with Crippen molar-refractivity contribution in [2.45, 2.75) is 13.0 Å². The van der Waals surface area contributed by atoms with Gasteiger partial charge in [0.1, 0.15) is 11.4 Å². The summed E-state index contributed by atoms with van der Waals surface area (Å²) in [4.78, 5) is 16.0. The molecule has 108 valence electrons. The van der Waals surface area contributed by atoms with E-state index in [9.17, 15) is 4.79 Å². The van der Waals surface area contributed by atoms with Gasteiger partial charge in [-0.1, -0.05) is 27.5 Å².